The minimum absolute atomic E-state index is 0.0299. The molecular weight excluding hydrogens is 287 g/mol. The van der Waals surface area contributed by atoms with Gasteiger partial charge in [0.2, 0.25) is 5.91 Å². The van der Waals surface area contributed by atoms with E-state index in [1.807, 2.05) is 5.32 Å². The van der Waals surface area contributed by atoms with Crippen molar-refractivity contribution < 1.29 is 22.8 Å². The Balaban J connectivity index is 1.91. The highest BCUT2D eigenvalue weighted by Crippen LogP contribution is 2.46. The van der Waals surface area contributed by atoms with E-state index >= 15 is 0 Å². The molecule has 1 aromatic carbocycles. The summed E-state index contributed by atoms with van der Waals surface area (Å²) in [7, 11) is 0. The van der Waals surface area contributed by atoms with Crippen molar-refractivity contribution in [2.24, 2.45) is 0 Å². The van der Waals surface area contributed by atoms with Gasteiger partial charge in [-0.2, -0.15) is 13.2 Å². The molecule has 2 aliphatic rings. The maximum atomic E-state index is 12.3. The lowest BCUT2D eigenvalue weighted by Gasteiger charge is -2.34. The van der Waals surface area contributed by atoms with E-state index in [1.54, 1.807) is 18.2 Å². The van der Waals surface area contributed by atoms with Crippen molar-refractivity contribution in [3.05, 3.63) is 23.8 Å². The highest BCUT2D eigenvalue weighted by molar-refractivity contribution is 5.98. The average molecular weight is 299 g/mol. The van der Waals surface area contributed by atoms with Crippen molar-refractivity contribution in [3.8, 4) is 0 Å². The summed E-state index contributed by atoms with van der Waals surface area (Å²) >= 11 is 0. The van der Waals surface area contributed by atoms with E-state index < -0.39 is 17.5 Å². The molecule has 0 saturated carbocycles. The lowest BCUT2D eigenvalue weighted by atomic mass is 9.76. The second-order valence-electron chi connectivity index (χ2n) is 5.27. The molecule has 3 rings (SSSR count). The molecule has 8 heteroatoms. The van der Waals surface area contributed by atoms with Crippen LogP contribution in [0.25, 0.3) is 0 Å². The zero-order valence-corrected chi connectivity index (χ0v) is 10.8. The summed E-state index contributed by atoms with van der Waals surface area (Å²) in [6.45, 7) is 0.0701. The fourth-order valence-corrected chi connectivity index (χ4v) is 2.94. The van der Waals surface area contributed by atoms with Gasteiger partial charge in [0.05, 0.1) is 0 Å². The Morgan fingerprint density at radius 2 is 2.05 bits per heavy atom. The van der Waals surface area contributed by atoms with Crippen molar-refractivity contribution in [1.82, 2.24) is 5.32 Å². The Hall–Kier alpha value is -2.25. The number of carbonyl (C=O) groups excluding carboxylic acids is 2. The smallest absolute Gasteiger partial charge is 0.384 e. The first kappa shape index (κ1) is 13.7. The number of alkyl halides is 3. The summed E-state index contributed by atoms with van der Waals surface area (Å²) in [6, 6.07) is 5.24. The largest absolute Gasteiger partial charge is 0.471 e. The topological polar surface area (TPSA) is 70.2 Å². The molecule has 0 saturated heterocycles. The maximum absolute atomic E-state index is 12.3. The summed E-state index contributed by atoms with van der Waals surface area (Å²) in [5.74, 6) is -2.27. The van der Waals surface area contributed by atoms with Gasteiger partial charge in [0.25, 0.3) is 0 Å². The number of anilines is 2. The molecule has 2 amide bonds. The quantitative estimate of drug-likeness (QED) is 0.772. The molecule has 3 N–H and O–H groups in total. The second-order valence-corrected chi connectivity index (χ2v) is 5.27. The van der Waals surface area contributed by atoms with E-state index in [1.165, 1.54) is 0 Å². The van der Waals surface area contributed by atoms with E-state index in [4.69, 9.17) is 0 Å². The van der Waals surface area contributed by atoms with Crippen LogP contribution in [-0.2, 0) is 15.0 Å². The van der Waals surface area contributed by atoms with Crippen LogP contribution in [0.4, 0.5) is 24.5 Å². The summed E-state index contributed by atoms with van der Waals surface area (Å²) in [5.41, 5.74) is 1.27. The normalized spacial score (nSPS) is 23.1. The SMILES string of the molecule is O=C1CC2(CNC(=O)C(F)(F)F)CNc3cccc(c32)N1. The molecule has 0 bridgehead atoms. The number of benzene rings is 1. The molecule has 0 fully saturated rings. The Bertz CT molecular complexity index is 630. The van der Waals surface area contributed by atoms with Crippen molar-refractivity contribution in [3.63, 3.8) is 0 Å². The van der Waals surface area contributed by atoms with Crippen molar-refractivity contribution in [2.75, 3.05) is 23.7 Å². The van der Waals surface area contributed by atoms with Crippen LogP contribution in [0, 0.1) is 0 Å². The van der Waals surface area contributed by atoms with Gasteiger partial charge in [-0.05, 0) is 12.1 Å². The van der Waals surface area contributed by atoms with E-state index in [0.29, 0.717) is 12.2 Å². The molecule has 0 radical (unpaired) electrons. The van der Waals surface area contributed by atoms with Crippen LogP contribution in [0.3, 0.4) is 0 Å². The Morgan fingerprint density at radius 1 is 1.33 bits per heavy atom. The van der Waals surface area contributed by atoms with Crippen LogP contribution in [0.15, 0.2) is 18.2 Å². The van der Waals surface area contributed by atoms with E-state index in [-0.39, 0.29) is 18.9 Å². The predicted molar refractivity (Wildman–Crippen MR) is 68.9 cm³/mol. The van der Waals surface area contributed by atoms with E-state index in [2.05, 4.69) is 10.6 Å². The third kappa shape index (κ3) is 2.20. The molecule has 0 spiro atoms. The van der Waals surface area contributed by atoms with Gasteiger partial charge in [-0.1, -0.05) is 6.07 Å². The van der Waals surface area contributed by atoms with Gasteiger partial charge in [0.1, 0.15) is 0 Å². The fourth-order valence-electron chi connectivity index (χ4n) is 2.94. The molecular formula is C13H12F3N3O2. The molecule has 21 heavy (non-hydrogen) atoms. The summed E-state index contributed by atoms with van der Waals surface area (Å²) in [5, 5.41) is 7.68. The standard InChI is InChI=1S/C13H12F3N3O2/c14-13(15,16)11(21)18-6-12-4-9(20)19-8-3-1-2-7(10(8)12)17-5-12/h1-3,17H,4-6H2,(H,18,21)(H,19,20). The summed E-state index contributed by atoms with van der Waals surface area (Å²) in [6.07, 6.45) is -4.90. The van der Waals surface area contributed by atoms with Gasteiger partial charge in [0, 0.05) is 41.9 Å². The first-order chi connectivity index (χ1) is 9.82. The molecule has 1 aromatic rings. The number of amides is 2. The van der Waals surface area contributed by atoms with Gasteiger partial charge < -0.3 is 16.0 Å². The number of nitrogens with one attached hydrogen (secondary N) is 3. The van der Waals surface area contributed by atoms with Gasteiger partial charge >= 0.3 is 12.1 Å². The molecule has 1 unspecified atom stereocenters. The second kappa shape index (κ2) is 4.37. The van der Waals surface area contributed by atoms with Crippen LogP contribution in [-0.4, -0.2) is 31.1 Å². The molecule has 112 valence electrons. The molecule has 1 atom stereocenters. The highest BCUT2D eigenvalue weighted by Gasteiger charge is 2.47. The third-order valence-electron chi connectivity index (χ3n) is 3.83. The fraction of sp³-hybridized carbons (Fsp3) is 0.385. The van der Waals surface area contributed by atoms with Crippen molar-refractivity contribution in [2.45, 2.75) is 18.0 Å². The van der Waals surface area contributed by atoms with Crippen LogP contribution < -0.4 is 16.0 Å². The van der Waals surface area contributed by atoms with E-state index in [0.717, 1.165) is 11.3 Å². The van der Waals surface area contributed by atoms with E-state index in [9.17, 15) is 22.8 Å². The minimum Gasteiger partial charge on any atom is -0.384 e. The minimum atomic E-state index is -4.93. The third-order valence-corrected chi connectivity index (χ3v) is 3.83. The monoisotopic (exact) mass is 299 g/mol. The van der Waals surface area contributed by atoms with Gasteiger partial charge in [-0.15, -0.1) is 0 Å². The molecule has 2 heterocycles. The Morgan fingerprint density at radius 3 is 2.76 bits per heavy atom. The average Bonchev–Trinajstić information content (AvgIpc) is 2.76. The first-order valence-corrected chi connectivity index (χ1v) is 6.34. The lowest BCUT2D eigenvalue weighted by molar-refractivity contribution is -0.173. The van der Waals surface area contributed by atoms with Gasteiger partial charge in [0.15, 0.2) is 0 Å². The first-order valence-electron chi connectivity index (χ1n) is 6.34. The number of halogens is 3. The summed E-state index contributed by atoms with van der Waals surface area (Å²) in [4.78, 5) is 22.8. The zero-order valence-electron chi connectivity index (χ0n) is 10.8. The molecule has 2 aliphatic heterocycles. The number of hydrogen-bond acceptors (Lipinski definition) is 3. The predicted octanol–water partition coefficient (Wildman–Crippen LogP) is 1.37. The highest BCUT2D eigenvalue weighted by atomic mass is 19.4. The van der Waals surface area contributed by atoms with Gasteiger partial charge in [-0.3, -0.25) is 9.59 Å². The lowest BCUT2D eigenvalue weighted by Crippen LogP contribution is -2.49. The Labute approximate surface area is 117 Å². The summed E-state index contributed by atoms with van der Waals surface area (Å²) < 4.78 is 36.9. The zero-order chi connectivity index (χ0) is 15.3. The molecule has 5 nitrogen and oxygen atoms in total. The van der Waals surface area contributed by atoms with Crippen LogP contribution >= 0.6 is 0 Å². The molecule has 0 aromatic heterocycles. The van der Waals surface area contributed by atoms with Crippen molar-refractivity contribution in [1.29, 1.82) is 0 Å². The van der Waals surface area contributed by atoms with Crippen LogP contribution in [0.5, 0.6) is 0 Å². The van der Waals surface area contributed by atoms with Crippen molar-refractivity contribution >= 4 is 23.2 Å². The van der Waals surface area contributed by atoms with Gasteiger partial charge in [-0.25, -0.2) is 0 Å². The van der Waals surface area contributed by atoms with Crippen LogP contribution in [0.2, 0.25) is 0 Å². The maximum Gasteiger partial charge on any atom is 0.471 e. The Kier molecular flexibility index (Phi) is 2.86. The number of hydrogen-bond donors (Lipinski definition) is 3. The number of rotatable bonds is 2. The van der Waals surface area contributed by atoms with Crippen LogP contribution in [0.1, 0.15) is 12.0 Å². The molecule has 0 aliphatic carbocycles. The number of carbonyl (C=O) groups is 2.